The van der Waals surface area contributed by atoms with E-state index < -0.39 is 11.7 Å². The molecule has 2 rings (SSSR count). The fraction of sp³-hybridized carbons (Fsp3) is 0.222. The van der Waals surface area contributed by atoms with E-state index >= 15 is 0 Å². The van der Waals surface area contributed by atoms with Crippen molar-refractivity contribution in [1.29, 1.82) is 0 Å². The third-order valence-electron chi connectivity index (χ3n) is 3.41. The van der Waals surface area contributed by atoms with Gasteiger partial charge in [0.2, 0.25) is 0 Å². The number of allylic oxidation sites excluding steroid dienone is 1. The molecule has 2 aromatic carbocycles. The molecule has 0 unspecified atom stereocenters. The monoisotopic (exact) mass is 306 g/mol. The molecule has 0 saturated heterocycles. The summed E-state index contributed by atoms with van der Waals surface area (Å²) in [6.45, 7) is 1.97. The lowest BCUT2D eigenvalue weighted by atomic mass is 10.0. The molecule has 1 nitrogen and oxygen atoms in total. The van der Waals surface area contributed by atoms with E-state index in [-0.39, 0.29) is 5.56 Å². The predicted molar refractivity (Wildman–Crippen MR) is 82.7 cm³/mol. The fourth-order valence-electron chi connectivity index (χ4n) is 2.12. The van der Waals surface area contributed by atoms with Crippen molar-refractivity contribution in [3.8, 4) is 5.75 Å². The highest BCUT2D eigenvalue weighted by Gasteiger charge is 2.34. The Hall–Kier alpha value is -2.23. The number of benzene rings is 2. The van der Waals surface area contributed by atoms with E-state index in [4.69, 9.17) is 4.74 Å². The molecule has 0 radical (unpaired) electrons. The molecule has 0 atom stereocenters. The largest absolute Gasteiger partial charge is 0.497 e. The highest BCUT2D eigenvalue weighted by Crippen LogP contribution is 2.35. The summed E-state index contributed by atoms with van der Waals surface area (Å²) in [5.74, 6) is 0.609. The maximum Gasteiger partial charge on any atom is 0.417 e. The summed E-state index contributed by atoms with van der Waals surface area (Å²) in [5, 5.41) is 0. The summed E-state index contributed by atoms with van der Waals surface area (Å²) in [5.41, 5.74) is 1.00. The molecule has 0 aliphatic heterocycles. The van der Waals surface area contributed by atoms with Gasteiger partial charge in [0.05, 0.1) is 12.7 Å². The lowest BCUT2D eigenvalue weighted by Crippen LogP contribution is -2.10. The third kappa shape index (κ3) is 3.91. The van der Waals surface area contributed by atoms with E-state index in [0.29, 0.717) is 11.3 Å². The summed E-state index contributed by atoms with van der Waals surface area (Å²) in [6, 6.07) is 13.0. The molecule has 0 N–H and O–H groups in total. The van der Waals surface area contributed by atoms with Crippen LogP contribution in [0.3, 0.4) is 0 Å². The van der Waals surface area contributed by atoms with Gasteiger partial charge in [0.15, 0.2) is 0 Å². The molecule has 116 valence electrons. The van der Waals surface area contributed by atoms with Gasteiger partial charge in [-0.25, -0.2) is 0 Å². The molecule has 0 aromatic heterocycles. The van der Waals surface area contributed by atoms with Gasteiger partial charge in [-0.3, -0.25) is 0 Å². The van der Waals surface area contributed by atoms with Crippen molar-refractivity contribution >= 4 is 11.6 Å². The van der Waals surface area contributed by atoms with Crippen molar-refractivity contribution in [2.75, 3.05) is 7.11 Å². The Morgan fingerprint density at radius 3 is 2.05 bits per heavy atom. The van der Waals surface area contributed by atoms with Crippen LogP contribution in [0, 0.1) is 0 Å². The van der Waals surface area contributed by atoms with Crippen LogP contribution in [0.5, 0.6) is 5.75 Å². The van der Waals surface area contributed by atoms with Gasteiger partial charge in [-0.2, -0.15) is 13.2 Å². The Balaban J connectivity index is 2.42. The Morgan fingerprint density at radius 2 is 1.59 bits per heavy atom. The molecule has 0 amide bonds. The molecule has 4 heteroatoms. The Labute approximate surface area is 128 Å². The van der Waals surface area contributed by atoms with Gasteiger partial charge in [0.25, 0.3) is 0 Å². The summed E-state index contributed by atoms with van der Waals surface area (Å²) >= 11 is 0. The van der Waals surface area contributed by atoms with Gasteiger partial charge in [-0.15, -0.1) is 0 Å². The number of hydrogen-bond donors (Lipinski definition) is 0. The molecule has 0 heterocycles. The second kappa shape index (κ2) is 6.69. The molecule has 22 heavy (non-hydrogen) atoms. The van der Waals surface area contributed by atoms with Crippen LogP contribution in [0.25, 0.3) is 11.6 Å². The summed E-state index contributed by atoms with van der Waals surface area (Å²) in [4.78, 5) is 0. The maximum absolute atomic E-state index is 13.3. The van der Waals surface area contributed by atoms with Crippen molar-refractivity contribution in [2.45, 2.75) is 19.5 Å². The van der Waals surface area contributed by atoms with Gasteiger partial charge in [0.1, 0.15) is 5.75 Å². The number of halogens is 3. The first-order valence-corrected chi connectivity index (χ1v) is 6.96. The Kier molecular flexibility index (Phi) is 4.91. The highest BCUT2D eigenvalue weighted by molar-refractivity contribution is 5.84. The van der Waals surface area contributed by atoms with E-state index in [9.17, 15) is 13.2 Å². The van der Waals surface area contributed by atoms with Crippen LogP contribution in [0.2, 0.25) is 0 Å². The number of alkyl halides is 3. The van der Waals surface area contributed by atoms with Gasteiger partial charge < -0.3 is 4.74 Å². The lowest BCUT2D eigenvalue weighted by molar-refractivity contribution is -0.0683. The number of rotatable bonds is 4. The Morgan fingerprint density at radius 1 is 1.00 bits per heavy atom. The van der Waals surface area contributed by atoms with E-state index in [1.165, 1.54) is 19.2 Å². The second-order valence-electron chi connectivity index (χ2n) is 4.88. The van der Waals surface area contributed by atoms with Gasteiger partial charge in [0, 0.05) is 0 Å². The van der Waals surface area contributed by atoms with Gasteiger partial charge in [-0.1, -0.05) is 43.3 Å². The van der Waals surface area contributed by atoms with Crippen molar-refractivity contribution in [2.24, 2.45) is 0 Å². The first-order valence-electron chi connectivity index (χ1n) is 6.96. The standard InChI is InChI=1S/C18H17F3O/c1-3-13-4-8-15(9-5-13)17(18(19,20)21)12-14-6-10-16(22-2)11-7-14/h4-12H,3H2,1-2H3/b17-12-. The van der Waals surface area contributed by atoms with E-state index in [2.05, 4.69) is 0 Å². The minimum atomic E-state index is -4.41. The minimum Gasteiger partial charge on any atom is -0.497 e. The lowest BCUT2D eigenvalue weighted by Gasteiger charge is -2.13. The third-order valence-corrected chi connectivity index (χ3v) is 3.41. The summed E-state index contributed by atoms with van der Waals surface area (Å²) in [7, 11) is 1.52. The van der Waals surface area contributed by atoms with Crippen LogP contribution in [0.15, 0.2) is 48.5 Å². The molecule has 0 aliphatic carbocycles. The van der Waals surface area contributed by atoms with Gasteiger partial charge in [-0.05, 0) is 41.3 Å². The highest BCUT2D eigenvalue weighted by atomic mass is 19.4. The average Bonchev–Trinajstić information content (AvgIpc) is 2.52. The van der Waals surface area contributed by atoms with E-state index in [1.807, 2.05) is 6.92 Å². The van der Waals surface area contributed by atoms with Crippen LogP contribution in [-0.2, 0) is 6.42 Å². The number of hydrogen-bond acceptors (Lipinski definition) is 1. The first-order chi connectivity index (χ1) is 10.4. The smallest absolute Gasteiger partial charge is 0.417 e. The molecule has 0 saturated carbocycles. The van der Waals surface area contributed by atoms with E-state index in [1.54, 1.807) is 36.4 Å². The van der Waals surface area contributed by atoms with Crippen LogP contribution < -0.4 is 4.74 Å². The summed E-state index contributed by atoms with van der Waals surface area (Å²) in [6.07, 6.45) is -2.46. The number of methoxy groups -OCH3 is 1. The minimum absolute atomic E-state index is 0.167. The predicted octanol–water partition coefficient (Wildman–Crippen LogP) is 5.36. The molecule has 2 aromatic rings. The zero-order valence-corrected chi connectivity index (χ0v) is 12.4. The molecule has 0 bridgehead atoms. The number of aryl methyl sites for hydroxylation is 1. The number of ether oxygens (including phenoxy) is 1. The molecular formula is C18H17F3O. The molecule has 0 fully saturated rings. The zero-order valence-electron chi connectivity index (χ0n) is 12.4. The Bertz CT molecular complexity index is 638. The average molecular weight is 306 g/mol. The topological polar surface area (TPSA) is 9.23 Å². The molecule has 0 aliphatic rings. The maximum atomic E-state index is 13.3. The van der Waals surface area contributed by atoms with Gasteiger partial charge >= 0.3 is 6.18 Å². The molecular weight excluding hydrogens is 289 g/mol. The summed E-state index contributed by atoms with van der Waals surface area (Å²) < 4.78 is 45.0. The van der Waals surface area contributed by atoms with Crippen LogP contribution in [0.4, 0.5) is 13.2 Å². The second-order valence-corrected chi connectivity index (χ2v) is 4.88. The quantitative estimate of drug-likeness (QED) is 0.691. The van der Waals surface area contributed by atoms with Crippen LogP contribution >= 0.6 is 0 Å². The van der Waals surface area contributed by atoms with Crippen molar-refractivity contribution in [3.63, 3.8) is 0 Å². The first kappa shape index (κ1) is 16.1. The molecule has 0 spiro atoms. The fourth-order valence-corrected chi connectivity index (χ4v) is 2.12. The van der Waals surface area contributed by atoms with Crippen LogP contribution in [0.1, 0.15) is 23.6 Å². The normalized spacial score (nSPS) is 12.3. The SMILES string of the molecule is CCc1ccc(/C(=C/c2ccc(OC)cc2)C(F)(F)F)cc1. The van der Waals surface area contributed by atoms with E-state index in [0.717, 1.165) is 18.1 Å². The van der Waals surface area contributed by atoms with Crippen molar-refractivity contribution < 1.29 is 17.9 Å². The zero-order chi connectivity index (χ0) is 16.2. The van der Waals surface area contributed by atoms with Crippen LogP contribution in [-0.4, -0.2) is 13.3 Å². The van der Waals surface area contributed by atoms with Crippen molar-refractivity contribution in [1.82, 2.24) is 0 Å². The van der Waals surface area contributed by atoms with Crippen molar-refractivity contribution in [3.05, 3.63) is 65.2 Å².